The fourth-order valence-electron chi connectivity index (χ4n) is 0.446. The van der Waals surface area contributed by atoms with E-state index in [0.717, 1.165) is 0 Å². The van der Waals surface area contributed by atoms with Crippen molar-refractivity contribution in [2.45, 2.75) is 7.59 Å². The van der Waals surface area contributed by atoms with Crippen LogP contribution in [0.4, 0.5) is 0 Å². The van der Waals surface area contributed by atoms with Crippen molar-refractivity contribution in [3.63, 3.8) is 0 Å². The van der Waals surface area contributed by atoms with E-state index >= 15 is 0 Å². The van der Waals surface area contributed by atoms with E-state index in [4.69, 9.17) is 74.5 Å². The Morgan fingerprint density at radius 1 is 1.07 bits per heavy atom. The van der Waals surface area contributed by atoms with Crippen molar-refractivity contribution in [2.75, 3.05) is 12.8 Å². The molecule has 0 saturated carbocycles. The van der Waals surface area contributed by atoms with E-state index in [0.29, 0.717) is 0 Å². The molecule has 0 aliphatic rings. The van der Waals surface area contributed by atoms with Crippen LogP contribution < -0.4 is 0 Å². The lowest BCUT2D eigenvalue weighted by atomic mass is 10.9. The monoisotopic (exact) mass is 342 g/mol. The zero-order valence-corrected chi connectivity index (χ0v) is 11.8. The smallest absolute Gasteiger partial charge is 0.324 e. The molecule has 3 nitrogen and oxygen atoms in total. The van der Waals surface area contributed by atoms with Gasteiger partial charge in [0.15, 0.2) is 0 Å². The quantitative estimate of drug-likeness (QED) is 0.623. The lowest BCUT2D eigenvalue weighted by Gasteiger charge is -2.18. The molecule has 0 saturated heterocycles. The van der Waals surface area contributed by atoms with Gasteiger partial charge in [0.1, 0.15) is 6.61 Å². The van der Waals surface area contributed by atoms with Crippen LogP contribution in [0.3, 0.4) is 0 Å². The van der Waals surface area contributed by atoms with Crippen LogP contribution in [0.1, 0.15) is 0 Å². The molecule has 0 fully saturated rings. The van der Waals surface area contributed by atoms with Gasteiger partial charge < -0.3 is 9.42 Å². The number of hydrogen-bond acceptors (Lipinski definition) is 2. The first-order chi connectivity index (χ1) is 5.91. The molecule has 0 heterocycles. The zero-order chi connectivity index (χ0) is 11.6. The molecule has 0 aromatic heterocycles. The topological polar surface area (TPSA) is 46.5 Å². The second-order valence-electron chi connectivity index (χ2n) is 2.30. The molecule has 14 heavy (non-hydrogen) atoms. The van der Waals surface area contributed by atoms with E-state index in [1.807, 2.05) is 0 Å². The van der Waals surface area contributed by atoms with Crippen LogP contribution in [0.25, 0.3) is 0 Å². The van der Waals surface area contributed by atoms with Crippen molar-refractivity contribution in [2.24, 2.45) is 0 Å². The summed E-state index contributed by atoms with van der Waals surface area (Å²) in [5.41, 5.74) is 0. The summed E-state index contributed by atoms with van der Waals surface area (Å²) in [7, 11) is -4.06. The highest BCUT2D eigenvalue weighted by Gasteiger charge is 2.35. The van der Waals surface area contributed by atoms with Crippen molar-refractivity contribution < 1.29 is 14.0 Å². The molecular formula is C4H5Cl6O3P. The molecule has 0 spiro atoms. The minimum Gasteiger partial charge on any atom is -0.324 e. The molecule has 0 bridgehead atoms. The summed E-state index contributed by atoms with van der Waals surface area (Å²) in [6.45, 7) is -0.563. The Kier molecular flexibility index (Phi) is 6.22. The molecule has 0 aromatic carbocycles. The van der Waals surface area contributed by atoms with Crippen molar-refractivity contribution in [1.82, 2.24) is 0 Å². The second-order valence-corrected chi connectivity index (χ2v) is 9.18. The fourth-order valence-corrected chi connectivity index (χ4v) is 3.14. The molecule has 1 N–H and O–H groups in total. The van der Waals surface area contributed by atoms with Gasteiger partial charge in [-0.3, -0.25) is 4.57 Å². The van der Waals surface area contributed by atoms with Gasteiger partial charge in [-0.05, 0) is 0 Å². The summed E-state index contributed by atoms with van der Waals surface area (Å²) in [6, 6.07) is 0. The number of alkyl halides is 6. The largest absolute Gasteiger partial charge is 0.332 e. The van der Waals surface area contributed by atoms with Gasteiger partial charge in [0, 0.05) is 0 Å². The summed E-state index contributed by atoms with van der Waals surface area (Å²) in [5, 5.41) is 0. The predicted molar refractivity (Wildman–Crippen MR) is 61.2 cm³/mol. The first kappa shape index (κ1) is 15.9. The zero-order valence-electron chi connectivity index (χ0n) is 6.39. The van der Waals surface area contributed by atoms with Gasteiger partial charge in [0.2, 0.25) is 7.59 Å². The standard InChI is InChI=1S/C4H5Cl6O3P/c5-3(6,7)1-13-14(11,12)2-4(8,9)10/h1-2H2,(H,11,12). The minimum absolute atomic E-state index is 0.563. The predicted octanol–water partition coefficient (Wildman–Crippen LogP) is 3.93. The van der Waals surface area contributed by atoms with Crippen LogP contribution in [-0.2, 0) is 9.09 Å². The third kappa shape index (κ3) is 10.4. The summed E-state index contributed by atoms with van der Waals surface area (Å²) < 4.78 is 11.9. The Bertz CT molecular complexity index is 232. The summed E-state index contributed by atoms with van der Waals surface area (Å²) in [4.78, 5) is 9.12. The molecule has 0 rings (SSSR count). The molecule has 1 atom stereocenters. The fraction of sp³-hybridized carbons (Fsp3) is 1.00. The van der Waals surface area contributed by atoms with Crippen LogP contribution in [0, 0.1) is 0 Å². The molecule has 0 radical (unpaired) electrons. The van der Waals surface area contributed by atoms with Gasteiger partial charge in [-0.1, -0.05) is 69.6 Å². The molecule has 86 valence electrons. The van der Waals surface area contributed by atoms with Gasteiger partial charge in [-0.2, -0.15) is 0 Å². The van der Waals surface area contributed by atoms with E-state index in [1.165, 1.54) is 0 Å². The van der Waals surface area contributed by atoms with Gasteiger partial charge in [0.25, 0.3) is 0 Å². The number of hydrogen-bond donors (Lipinski definition) is 1. The Balaban J connectivity index is 4.17. The molecule has 0 aromatic rings. The minimum atomic E-state index is -4.06. The molecule has 0 amide bonds. The lowest BCUT2D eigenvalue weighted by molar-refractivity contribution is 0.265. The van der Waals surface area contributed by atoms with Crippen LogP contribution in [0.5, 0.6) is 0 Å². The van der Waals surface area contributed by atoms with Crippen molar-refractivity contribution in [3.8, 4) is 0 Å². The van der Waals surface area contributed by atoms with Crippen molar-refractivity contribution >= 4 is 77.2 Å². The van der Waals surface area contributed by atoms with E-state index in [9.17, 15) is 4.57 Å². The van der Waals surface area contributed by atoms with Gasteiger partial charge in [0.05, 0.1) is 6.16 Å². The van der Waals surface area contributed by atoms with Gasteiger partial charge in [-0.25, -0.2) is 0 Å². The Morgan fingerprint density at radius 2 is 1.50 bits per heavy atom. The maximum Gasteiger partial charge on any atom is 0.332 e. The molecular weight excluding hydrogens is 340 g/mol. The normalized spacial score (nSPS) is 17.9. The maximum atomic E-state index is 11.2. The molecule has 0 aliphatic carbocycles. The highest BCUT2D eigenvalue weighted by molar-refractivity contribution is 7.53. The van der Waals surface area contributed by atoms with E-state index < -0.39 is 27.9 Å². The van der Waals surface area contributed by atoms with E-state index in [-0.39, 0.29) is 0 Å². The van der Waals surface area contributed by atoms with Gasteiger partial charge >= 0.3 is 7.60 Å². The lowest BCUT2D eigenvalue weighted by Crippen LogP contribution is -2.16. The average molecular weight is 345 g/mol. The molecule has 0 aliphatic heterocycles. The second kappa shape index (κ2) is 5.48. The van der Waals surface area contributed by atoms with Crippen LogP contribution in [0.2, 0.25) is 0 Å². The Morgan fingerprint density at radius 3 is 1.79 bits per heavy atom. The number of rotatable bonds is 3. The van der Waals surface area contributed by atoms with E-state index in [1.54, 1.807) is 0 Å². The Labute approximate surface area is 111 Å². The molecule has 1 unspecified atom stereocenters. The first-order valence-electron chi connectivity index (χ1n) is 3.01. The Hall–Kier alpha value is 1.89. The highest BCUT2D eigenvalue weighted by atomic mass is 35.6. The summed E-state index contributed by atoms with van der Waals surface area (Å²) >= 11 is 31.7. The van der Waals surface area contributed by atoms with Crippen LogP contribution >= 0.6 is 77.2 Å². The third-order valence-electron chi connectivity index (χ3n) is 0.809. The van der Waals surface area contributed by atoms with Crippen molar-refractivity contribution in [3.05, 3.63) is 0 Å². The third-order valence-corrected chi connectivity index (χ3v) is 3.50. The first-order valence-corrected chi connectivity index (χ1v) is 7.04. The van der Waals surface area contributed by atoms with Crippen molar-refractivity contribution in [1.29, 1.82) is 0 Å². The van der Waals surface area contributed by atoms with Gasteiger partial charge in [-0.15, -0.1) is 0 Å². The maximum absolute atomic E-state index is 11.2. The summed E-state index contributed by atoms with van der Waals surface area (Å²) in [5.74, 6) is 0. The highest BCUT2D eigenvalue weighted by Crippen LogP contribution is 2.50. The van der Waals surface area contributed by atoms with Crippen LogP contribution in [0.15, 0.2) is 0 Å². The SMILES string of the molecule is O=P(O)(CC(Cl)(Cl)Cl)OCC(Cl)(Cl)Cl. The van der Waals surface area contributed by atoms with E-state index in [2.05, 4.69) is 4.52 Å². The van der Waals surface area contributed by atoms with Crippen LogP contribution in [-0.4, -0.2) is 25.2 Å². The number of halogens is 6. The average Bonchev–Trinajstić information content (AvgIpc) is 1.76. The molecule has 10 heteroatoms. The summed E-state index contributed by atoms with van der Waals surface area (Å²) in [6.07, 6.45) is -0.675.